The fourth-order valence-corrected chi connectivity index (χ4v) is 2.87. The lowest BCUT2D eigenvalue weighted by Crippen LogP contribution is -2.27. The molecule has 4 aromatic rings. The average Bonchev–Trinajstić information content (AvgIpc) is 3.23. The maximum atomic E-state index is 12.9. The number of aromatic nitrogens is 5. The first-order valence-electron chi connectivity index (χ1n) is 8.97. The quantitative estimate of drug-likeness (QED) is 0.519. The van der Waals surface area contributed by atoms with Crippen LogP contribution >= 0.6 is 0 Å². The minimum Gasteiger partial charge on any atom is -0.359 e. The van der Waals surface area contributed by atoms with Crippen molar-refractivity contribution in [3.63, 3.8) is 0 Å². The Balaban J connectivity index is 1.49. The Labute approximate surface area is 167 Å². The van der Waals surface area contributed by atoms with E-state index in [4.69, 9.17) is 4.52 Å². The summed E-state index contributed by atoms with van der Waals surface area (Å²) in [5, 5.41) is 4.06. The van der Waals surface area contributed by atoms with Crippen LogP contribution in [0.1, 0.15) is 21.8 Å². The lowest BCUT2D eigenvalue weighted by Gasteiger charge is -2.16. The second-order valence-corrected chi connectivity index (χ2v) is 6.51. The summed E-state index contributed by atoms with van der Waals surface area (Å²) in [5.41, 5.74) is 3.44. The summed E-state index contributed by atoms with van der Waals surface area (Å²) in [6, 6.07) is 9.20. The molecule has 0 fully saturated rings. The zero-order valence-electron chi connectivity index (χ0n) is 16.0. The number of nitrogens with zero attached hydrogens (tertiary/aromatic N) is 6. The van der Waals surface area contributed by atoms with Gasteiger partial charge in [-0.2, -0.15) is 0 Å². The highest BCUT2D eigenvalue weighted by Gasteiger charge is 2.19. The molecule has 0 atom stereocenters. The molecule has 0 aromatic carbocycles. The molecule has 4 heterocycles. The highest BCUT2D eigenvalue weighted by atomic mass is 16.5. The molecule has 0 radical (unpaired) electrons. The SMILES string of the molecule is Cc1nc(-c2cccnc2)ncc1C(=O)N(C)Cc1cc(-c2ccncc2)no1. The van der Waals surface area contributed by atoms with Gasteiger partial charge in [0, 0.05) is 55.2 Å². The van der Waals surface area contributed by atoms with Gasteiger partial charge in [-0.25, -0.2) is 9.97 Å². The second kappa shape index (κ2) is 7.97. The van der Waals surface area contributed by atoms with E-state index in [0.717, 1.165) is 11.1 Å². The Bertz CT molecular complexity index is 1130. The number of hydrogen-bond acceptors (Lipinski definition) is 7. The first-order valence-corrected chi connectivity index (χ1v) is 8.97. The van der Waals surface area contributed by atoms with Crippen LogP contribution in [0.5, 0.6) is 0 Å². The first-order chi connectivity index (χ1) is 14.1. The molecule has 144 valence electrons. The Morgan fingerprint density at radius 3 is 2.62 bits per heavy atom. The van der Waals surface area contributed by atoms with Crippen molar-refractivity contribution >= 4 is 5.91 Å². The van der Waals surface area contributed by atoms with Crippen molar-refractivity contribution in [3.8, 4) is 22.6 Å². The van der Waals surface area contributed by atoms with Crippen LogP contribution in [0.2, 0.25) is 0 Å². The van der Waals surface area contributed by atoms with Crippen molar-refractivity contribution in [3.05, 3.63) is 78.3 Å². The van der Waals surface area contributed by atoms with Gasteiger partial charge in [0.05, 0.1) is 17.8 Å². The summed E-state index contributed by atoms with van der Waals surface area (Å²) < 4.78 is 5.38. The predicted molar refractivity (Wildman–Crippen MR) is 106 cm³/mol. The van der Waals surface area contributed by atoms with E-state index in [-0.39, 0.29) is 12.5 Å². The molecule has 0 aliphatic heterocycles. The molecule has 4 aromatic heterocycles. The number of carbonyl (C=O) groups is 1. The summed E-state index contributed by atoms with van der Waals surface area (Å²) in [6.07, 6.45) is 8.31. The van der Waals surface area contributed by atoms with Crippen LogP contribution < -0.4 is 0 Å². The van der Waals surface area contributed by atoms with Gasteiger partial charge in [0.25, 0.3) is 5.91 Å². The minimum atomic E-state index is -0.193. The smallest absolute Gasteiger partial charge is 0.257 e. The number of amides is 1. The molecule has 8 nitrogen and oxygen atoms in total. The van der Waals surface area contributed by atoms with Crippen LogP contribution in [0.4, 0.5) is 0 Å². The highest BCUT2D eigenvalue weighted by Crippen LogP contribution is 2.20. The lowest BCUT2D eigenvalue weighted by atomic mass is 10.2. The maximum absolute atomic E-state index is 12.9. The van der Waals surface area contributed by atoms with Gasteiger partial charge in [-0.3, -0.25) is 14.8 Å². The summed E-state index contributed by atoms with van der Waals surface area (Å²) >= 11 is 0. The second-order valence-electron chi connectivity index (χ2n) is 6.51. The van der Waals surface area contributed by atoms with Gasteiger partial charge in [-0.05, 0) is 31.2 Å². The Morgan fingerprint density at radius 1 is 1.07 bits per heavy atom. The zero-order valence-corrected chi connectivity index (χ0v) is 16.0. The third-order valence-corrected chi connectivity index (χ3v) is 4.40. The Hall–Kier alpha value is -3.94. The summed E-state index contributed by atoms with van der Waals surface area (Å²) in [6.45, 7) is 2.07. The van der Waals surface area contributed by atoms with Crippen LogP contribution in [0.15, 0.2) is 65.8 Å². The summed E-state index contributed by atoms with van der Waals surface area (Å²) in [7, 11) is 1.70. The topological polar surface area (TPSA) is 97.9 Å². The number of carbonyl (C=O) groups excluding carboxylic acids is 1. The molecule has 0 aliphatic carbocycles. The van der Waals surface area contributed by atoms with Crippen LogP contribution in [0, 0.1) is 6.92 Å². The number of hydrogen-bond donors (Lipinski definition) is 0. The molecule has 0 N–H and O–H groups in total. The van der Waals surface area contributed by atoms with E-state index in [1.54, 1.807) is 49.9 Å². The van der Waals surface area contributed by atoms with Gasteiger partial charge in [-0.1, -0.05) is 5.16 Å². The summed E-state index contributed by atoms with van der Waals surface area (Å²) in [5.74, 6) is 0.923. The minimum absolute atomic E-state index is 0.193. The predicted octanol–water partition coefficient (Wildman–Crippen LogP) is 3.17. The molecule has 0 spiro atoms. The third-order valence-electron chi connectivity index (χ3n) is 4.40. The molecule has 8 heteroatoms. The van der Waals surface area contributed by atoms with Gasteiger partial charge < -0.3 is 9.42 Å². The van der Waals surface area contributed by atoms with Crippen molar-refractivity contribution in [2.24, 2.45) is 0 Å². The van der Waals surface area contributed by atoms with Gasteiger partial charge >= 0.3 is 0 Å². The van der Waals surface area contributed by atoms with Gasteiger partial charge in [0.15, 0.2) is 11.6 Å². The maximum Gasteiger partial charge on any atom is 0.257 e. The number of rotatable bonds is 5. The third kappa shape index (κ3) is 4.01. The largest absolute Gasteiger partial charge is 0.359 e. The number of aryl methyl sites for hydroxylation is 1. The van der Waals surface area contributed by atoms with Crippen molar-refractivity contribution in [1.29, 1.82) is 0 Å². The molecular formula is C21H18N6O2. The zero-order chi connectivity index (χ0) is 20.2. The standard InChI is InChI=1S/C21H18N6O2/c1-14-18(12-24-20(25-14)16-4-3-7-23-11-16)21(28)27(2)13-17-10-19(26-29-17)15-5-8-22-9-6-15/h3-12H,13H2,1-2H3. The van der Waals surface area contributed by atoms with Gasteiger partial charge in [0.2, 0.25) is 0 Å². The van der Waals surface area contributed by atoms with Crippen LogP contribution in [0.3, 0.4) is 0 Å². The molecule has 0 bridgehead atoms. The first kappa shape index (κ1) is 18.4. The van der Waals surface area contributed by atoms with Crippen LogP contribution in [-0.4, -0.2) is 42.9 Å². The van der Waals surface area contributed by atoms with Crippen LogP contribution in [-0.2, 0) is 6.54 Å². The van der Waals surface area contributed by atoms with Crippen LogP contribution in [0.25, 0.3) is 22.6 Å². The van der Waals surface area contributed by atoms with Crippen molar-refractivity contribution in [1.82, 2.24) is 30.0 Å². The lowest BCUT2D eigenvalue weighted by molar-refractivity contribution is 0.0770. The van der Waals surface area contributed by atoms with E-state index in [2.05, 4.69) is 25.1 Å². The molecule has 4 rings (SSSR count). The molecule has 0 saturated heterocycles. The normalized spacial score (nSPS) is 10.7. The average molecular weight is 386 g/mol. The number of pyridine rings is 2. The molecule has 0 unspecified atom stereocenters. The van der Waals surface area contributed by atoms with E-state index in [9.17, 15) is 4.79 Å². The Morgan fingerprint density at radius 2 is 1.90 bits per heavy atom. The van der Waals surface area contributed by atoms with E-state index < -0.39 is 0 Å². The van der Waals surface area contributed by atoms with Crippen molar-refractivity contribution in [2.75, 3.05) is 7.05 Å². The van der Waals surface area contributed by atoms with E-state index in [0.29, 0.717) is 28.5 Å². The monoisotopic (exact) mass is 386 g/mol. The highest BCUT2D eigenvalue weighted by molar-refractivity contribution is 5.94. The van der Waals surface area contributed by atoms with E-state index >= 15 is 0 Å². The fraction of sp³-hybridized carbons (Fsp3) is 0.143. The molecule has 0 aliphatic rings. The van der Waals surface area contributed by atoms with Gasteiger partial charge in [-0.15, -0.1) is 0 Å². The van der Waals surface area contributed by atoms with E-state index in [1.165, 1.54) is 0 Å². The van der Waals surface area contributed by atoms with Crippen molar-refractivity contribution < 1.29 is 9.32 Å². The van der Waals surface area contributed by atoms with E-state index in [1.807, 2.05) is 30.3 Å². The Kier molecular flexibility index (Phi) is 5.07. The molecular weight excluding hydrogens is 368 g/mol. The molecule has 0 saturated carbocycles. The van der Waals surface area contributed by atoms with Crippen molar-refractivity contribution in [2.45, 2.75) is 13.5 Å². The fourth-order valence-electron chi connectivity index (χ4n) is 2.87. The molecule has 1 amide bonds. The van der Waals surface area contributed by atoms with Gasteiger partial charge in [0.1, 0.15) is 5.69 Å². The summed E-state index contributed by atoms with van der Waals surface area (Å²) in [4.78, 5) is 31.2. The molecule has 29 heavy (non-hydrogen) atoms.